The minimum Gasteiger partial charge on any atom is -0.376 e. The van der Waals surface area contributed by atoms with Crippen LogP contribution in [0.3, 0.4) is 0 Å². The summed E-state index contributed by atoms with van der Waals surface area (Å²) in [5.74, 6) is 0. The Labute approximate surface area is 119 Å². The molecule has 5 heteroatoms. The molecule has 19 heavy (non-hydrogen) atoms. The van der Waals surface area contributed by atoms with E-state index in [-0.39, 0.29) is 0 Å². The molecule has 0 fully saturated rings. The van der Waals surface area contributed by atoms with E-state index < -0.39 is 0 Å². The number of nitrogens with one attached hydrogen (secondary N) is 2. The summed E-state index contributed by atoms with van der Waals surface area (Å²) in [6, 6.07) is 0. The molecule has 2 N–H and O–H groups in total. The van der Waals surface area contributed by atoms with E-state index in [1.54, 1.807) is 0 Å². The Morgan fingerprint density at radius 1 is 1.11 bits per heavy atom. The van der Waals surface area contributed by atoms with Crippen LogP contribution < -0.4 is 10.6 Å². The SMILES string of the molecule is CNCC[N+](C)(CCNC)CC(CCN(C)C)OC. The molecule has 0 aliphatic heterocycles. The van der Waals surface area contributed by atoms with Crippen molar-refractivity contribution in [1.82, 2.24) is 15.5 Å². The van der Waals surface area contributed by atoms with Crippen LogP contribution in [0, 0.1) is 0 Å². The number of hydrogen-bond acceptors (Lipinski definition) is 4. The van der Waals surface area contributed by atoms with Crippen LogP contribution in [0.25, 0.3) is 0 Å². The van der Waals surface area contributed by atoms with Crippen molar-refractivity contribution >= 4 is 0 Å². The Kier molecular flexibility index (Phi) is 10.5. The first-order chi connectivity index (χ1) is 8.97. The van der Waals surface area contributed by atoms with E-state index in [1.807, 2.05) is 21.2 Å². The summed E-state index contributed by atoms with van der Waals surface area (Å²) >= 11 is 0. The molecule has 0 aliphatic carbocycles. The Bertz CT molecular complexity index is 204. The second-order valence-electron chi connectivity index (χ2n) is 5.91. The van der Waals surface area contributed by atoms with E-state index in [4.69, 9.17) is 4.74 Å². The third kappa shape index (κ3) is 9.35. The van der Waals surface area contributed by atoms with Crippen molar-refractivity contribution in [3.05, 3.63) is 0 Å². The topological polar surface area (TPSA) is 36.5 Å². The number of methoxy groups -OCH3 is 1. The molecule has 0 heterocycles. The first-order valence-electron chi connectivity index (χ1n) is 7.27. The van der Waals surface area contributed by atoms with Crippen molar-refractivity contribution in [3.63, 3.8) is 0 Å². The molecule has 0 saturated carbocycles. The van der Waals surface area contributed by atoms with Gasteiger partial charge in [-0.15, -0.1) is 0 Å². The van der Waals surface area contributed by atoms with Gasteiger partial charge in [-0.3, -0.25) is 0 Å². The molecule has 0 rings (SSSR count). The monoisotopic (exact) mass is 275 g/mol. The van der Waals surface area contributed by atoms with Crippen LogP contribution >= 0.6 is 0 Å². The van der Waals surface area contributed by atoms with Crippen molar-refractivity contribution < 1.29 is 9.22 Å². The smallest absolute Gasteiger partial charge is 0.107 e. The predicted molar refractivity (Wildman–Crippen MR) is 82.6 cm³/mol. The second kappa shape index (κ2) is 10.6. The zero-order valence-corrected chi connectivity index (χ0v) is 13.8. The molecule has 0 aromatic carbocycles. The van der Waals surface area contributed by atoms with Crippen molar-refractivity contribution in [2.24, 2.45) is 0 Å². The van der Waals surface area contributed by atoms with Crippen molar-refractivity contribution in [2.75, 3.05) is 81.6 Å². The van der Waals surface area contributed by atoms with Crippen LogP contribution in [-0.2, 0) is 4.74 Å². The van der Waals surface area contributed by atoms with Crippen LogP contribution in [0.5, 0.6) is 0 Å². The Morgan fingerprint density at radius 3 is 2.00 bits per heavy atom. The zero-order chi connectivity index (χ0) is 14.7. The summed E-state index contributed by atoms with van der Waals surface area (Å²) in [7, 11) is 12.4. The van der Waals surface area contributed by atoms with Gasteiger partial charge in [0, 0.05) is 26.7 Å². The fraction of sp³-hybridized carbons (Fsp3) is 1.00. The largest absolute Gasteiger partial charge is 0.376 e. The van der Waals surface area contributed by atoms with Gasteiger partial charge >= 0.3 is 0 Å². The van der Waals surface area contributed by atoms with Gasteiger partial charge in [0.1, 0.15) is 12.6 Å². The van der Waals surface area contributed by atoms with Crippen LogP contribution in [0.15, 0.2) is 0 Å². The highest BCUT2D eigenvalue weighted by Crippen LogP contribution is 2.09. The van der Waals surface area contributed by atoms with Gasteiger partial charge in [0.25, 0.3) is 0 Å². The average molecular weight is 275 g/mol. The summed E-state index contributed by atoms with van der Waals surface area (Å²) in [6.07, 6.45) is 1.43. The number of rotatable bonds is 12. The summed E-state index contributed by atoms with van der Waals surface area (Å²) in [6.45, 7) is 6.53. The van der Waals surface area contributed by atoms with Gasteiger partial charge in [-0.2, -0.15) is 0 Å². The molecule has 0 amide bonds. The van der Waals surface area contributed by atoms with Crippen LogP contribution in [0.4, 0.5) is 0 Å². The third-order valence-electron chi connectivity index (χ3n) is 3.68. The molecule has 0 bridgehead atoms. The fourth-order valence-corrected chi connectivity index (χ4v) is 2.24. The maximum Gasteiger partial charge on any atom is 0.107 e. The summed E-state index contributed by atoms with van der Waals surface area (Å²) in [5.41, 5.74) is 0. The highest BCUT2D eigenvalue weighted by atomic mass is 16.5. The Morgan fingerprint density at radius 2 is 1.63 bits per heavy atom. The van der Waals surface area contributed by atoms with Crippen molar-refractivity contribution in [2.45, 2.75) is 12.5 Å². The van der Waals surface area contributed by atoms with E-state index in [0.717, 1.165) is 50.2 Å². The van der Waals surface area contributed by atoms with E-state index in [9.17, 15) is 0 Å². The third-order valence-corrected chi connectivity index (χ3v) is 3.68. The van der Waals surface area contributed by atoms with E-state index in [1.165, 1.54) is 0 Å². The summed E-state index contributed by atoms with van der Waals surface area (Å²) < 4.78 is 6.72. The molecule has 116 valence electrons. The van der Waals surface area contributed by atoms with Gasteiger partial charge in [0.2, 0.25) is 0 Å². The molecule has 0 aromatic rings. The van der Waals surface area contributed by atoms with Gasteiger partial charge in [0.05, 0.1) is 20.1 Å². The molecule has 0 radical (unpaired) electrons. The van der Waals surface area contributed by atoms with E-state index >= 15 is 0 Å². The Hall–Kier alpha value is -0.200. The zero-order valence-electron chi connectivity index (χ0n) is 13.8. The molecule has 0 aromatic heterocycles. The lowest BCUT2D eigenvalue weighted by Gasteiger charge is -2.37. The van der Waals surface area contributed by atoms with E-state index in [2.05, 4.69) is 36.7 Å². The van der Waals surface area contributed by atoms with E-state index in [0.29, 0.717) is 6.10 Å². The summed E-state index contributed by atoms with van der Waals surface area (Å²) in [5, 5.41) is 6.51. The molecule has 0 saturated heterocycles. The molecule has 0 spiro atoms. The highest BCUT2D eigenvalue weighted by Gasteiger charge is 2.25. The van der Waals surface area contributed by atoms with Gasteiger partial charge in [-0.05, 0) is 34.6 Å². The van der Waals surface area contributed by atoms with Crippen molar-refractivity contribution in [1.29, 1.82) is 0 Å². The fourth-order valence-electron chi connectivity index (χ4n) is 2.24. The van der Waals surface area contributed by atoms with Gasteiger partial charge in [-0.1, -0.05) is 0 Å². The van der Waals surface area contributed by atoms with Crippen molar-refractivity contribution in [3.8, 4) is 0 Å². The molecule has 1 unspecified atom stereocenters. The maximum atomic E-state index is 5.67. The quantitative estimate of drug-likeness (QED) is 0.485. The molecular weight excluding hydrogens is 240 g/mol. The first kappa shape index (κ1) is 18.8. The molecular formula is C14H35N4O+. The van der Waals surface area contributed by atoms with Gasteiger partial charge < -0.3 is 24.8 Å². The number of hydrogen-bond donors (Lipinski definition) is 2. The molecule has 1 atom stereocenters. The van der Waals surface area contributed by atoms with Gasteiger partial charge in [0.15, 0.2) is 0 Å². The molecule has 0 aliphatic rings. The molecule has 5 nitrogen and oxygen atoms in total. The van der Waals surface area contributed by atoms with Crippen LogP contribution in [-0.4, -0.2) is 97.1 Å². The number of nitrogens with zero attached hydrogens (tertiary/aromatic N) is 2. The Balaban J connectivity index is 4.38. The summed E-state index contributed by atoms with van der Waals surface area (Å²) in [4.78, 5) is 2.22. The first-order valence-corrected chi connectivity index (χ1v) is 7.27. The predicted octanol–water partition coefficient (Wildman–Crippen LogP) is -0.161. The highest BCUT2D eigenvalue weighted by molar-refractivity contribution is 4.61. The maximum absolute atomic E-state index is 5.67. The normalized spacial score (nSPS) is 14.1. The lowest BCUT2D eigenvalue weighted by molar-refractivity contribution is -0.910. The lowest BCUT2D eigenvalue weighted by atomic mass is 10.2. The van der Waals surface area contributed by atoms with Crippen LogP contribution in [0.2, 0.25) is 0 Å². The average Bonchev–Trinajstić information content (AvgIpc) is 2.39. The lowest BCUT2D eigenvalue weighted by Crippen LogP contribution is -2.54. The standard InChI is InChI=1S/C14H35N4O/c1-15-8-11-18(5,12-9-16-2)13-14(19-6)7-10-17(3)4/h14-16H,7-13H2,1-6H3/q+1. The minimum atomic E-state index is 0.334. The minimum absolute atomic E-state index is 0.334. The number of ether oxygens (including phenoxy) is 1. The van der Waals surface area contributed by atoms with Gasteiger partial charge in [-0.25, -0.2) is 0 Å². The van der Waals surface area contributed by atoms with Crippen LogP contribution in [0.1, 0.15) is 6.42 Å². The number of quaternary nitrogens is 1. The number of likely N-dealkylation sites (N-methyl/N-ethyl adjacent to an activating group) is 3. The second-order valence-corrected chi connectivity index (χ2v) is 5.91.